The second-order valence-electron chi connectivity index (χ2n) is 11.3. The average molecular weight is 646 g/mol. The van der Waals surface area contributed by atoms with Gasteiger partial charge in [0.25, 0.3) is 10.0 Å². The number of carbonyl (C=O) groups is 2. The number of sulfonamides is 1. The van der Waals surface area contributed by atoms with E-state index in [0.29, 0.717) is 10.7 Å². The molecule has 0 saturated carbocycles. The molecule has 0 saturated heterocycles. The zero-order valence-electron chi connectivity index (χ0n) is 26.1. The number of hydrogen-bond donors (Lipinski definition) is 1. The molecule has 0 spiro atoms. The molecular formula is C36H40ClN3O4S. The molecule has 4 rings (SSSR count). The SMILES string of the molecule is CC[C@H](C)NC(=O)[C@H](Cc1ccccc1)N(Cc1cccc(C)c1)C(=O)CN(c1ccc(C)cc1)S(=O)(=O)c1ccc(Cl)cc1. The molecule has 236 valence electrons. The van der Waals surface area contributed by atoms with Gasteiger partial charge in [0, 0.05) is 24.0 Å². The molecular weight excluding hydrogens is 606 g/mol. The lowest BCUT2D eigenvalue weighted by Crippen LogP contribution is -2.54. The van der Waals surface area contributed by atoms with E-state index in [1.54, 1.807) is 24.3 Å². The minimum Gasteiger partial charge on any atom is -0.352 e. The summed E-state index contributed by atoms with van der Waals surface area (Å²) in [6.07, 6.45) is 0.977. The maximum absolute atomic E-state index is 14.5. The summed E-state index contributed by atoms with van der Waals surface area (Å²) in [5.41, 5.74) is 4.01. The van der Waals surface area contributed by atoms with Crippen molar-refractivity contribution in [1.82, 2.24) is 10.2 Å². The fraction of sp³-hybridized carbons (Fsp3) is 0.278. The topological polar surface area (TPSA) is 86.8 Å². The van der Waals surface area contributed by atoms with Gasteiger partial charge in [-0.3, -0.25) is 13.9 Å². The predicted octanol–water partition coefficient (Wildman–Crippen LogP) is 6.71. The Balaban J connectivity index is 1.80. The minimum absolute atomic E-state index is 0.000795. The number of benzene rings is 4. The van der Waals surface area contributed by atoms with Gasteiger partial charge in [-0.25, -0.2) is 8.42 Å². The second-order valence-corrected chi connectivity index (χ2v) is 13.6. The molecule has 7 nitrogen and oxygen atoms in total. The Hall–Kier alpha value is -4.14. The van der Waals surface area contributed by atoms with Gasteiger partial charge >= 0.3 is 0 Å². The Morgan fingerprint density at radius 1 is 0.822 bits per heavy atom. The van der Waals surface area contributed by atoms with E-state index in [1.165, 1.54) is 29.2 Å². The highest BCUT2D eigenvalue weighted by molar-refractivity contribution is 7.92. The first kappa shape index (κ1) is 33.7. The lowest BCUT2D eigenvalue weighted by atomic mass is 10.0. The highest BCUT2D eigenvalue weighted by Crippen LogP contribution is 2.26. The molecule has 1 N–H and O–H groups in total. The Labute approximate surface area is 271 Å². The van der Waals surface area contributed by atoms with Crippen LogP contribution >= 0.6 is 11.6 Å². The maximum atomic E-state index is 14.5. The van der Waals surface area contributed by atoms with Gasteiger partial charge in [0.05, 0.1) is 10.6 Å². The Bertz CT molecular complexity index is 1690. The van der Waals surface area contributed by atoms with Gasteiger partial charge in [-0.15, -0.1) is 0 Å². The van der Waals surface area contributed by atoms with Crippen LogP contribution in [0.2, 0.25) is 5.02 Å². The van der Waals surface area contributed by atoms with E-state index >= 15 is 0 Å². The smallest absolute Gasteiger partial charge is 0.264 e. The first-order valence-electron chi connectivity index (χ1n) is 15.0. The molecule has 0 aliphatic rings. The molecule has 0 aliphatic carbocycles. The number of anilines is 1. The molecule has 9 heteroatoms. The minimum atomic E-state index is -4.19. The first-order chi connectivity index (χ1) is 21.5. The van der Waals surface area contributed by atoms with Crippen LogP contribution in [0, 0.1) is 13.8 Å². The highest BCUT2D eigenvalue weighted by Gasteiger charge is 2.35. The van der Waals surface area contributed by atoms with Crippen molar-refractivity contribution in [3.05, 3.63) is 130 Å². The summed E-state index contributed by atoms with van der Waals surface area (Å²) in [6.45, 7) is 7.37. The van der Waals surface area contributed by atoms with Gasteiger partial charge in [0.15, 0.2) is 0 Å². The average Bonchev–Trinajstić information content (AvgIpc) is 3.02. The summed E-state index contributed by atoms with van der Waals surface area (Å²) in [5.74, 6) is -0.800. The normalized spacial score (nSPS) is 12.6. The molecule has 4 aromatic carbocycles. The van der Waals surface area contributed by atoms with E-state index in [2.05, 4.69) is 5.32 Å². The third kappa shape index (κ3) is 8.96. The van der Waals surface area contributed by atoms with Crippen LogP contribution in [0.15, 0.2) is 108 Å². The Kier molecular flexibility index (Phi) is 11.4. The molecule has 0 fully saturated rings. The van der Waals surface area contributed by atoms with E-state index in [1.807, 2.05) is 82.3 Å². The van der Waals surface area contributed by atoms with Gasteiger partial charge in [0.1, 0.15) is 12.6 Å². The van der Waals surface area contributed by atoms with Gasteiger partial charge in [-0.1, -0.05) is 96.4 Å². The molecule has 0 aliphatic heterocycles. The number of nitrogens with zero attached hydrogens (tertiary/aromatic N) is 2. The number of carbonyl (C=O) groups excluding carboxylic acids is 2. The number of halogens is 1. The van der Waals surface area contributed by atoms with Crippen LogP contribution in [0.4, 0.5) is 5.69 Å². The number of amides is 2. The quantitative estimate of drug-likeness (QED) is 0.175. The number of rotatable bonds is 13. The van der Waals surface area contributed by atoms with E-state index < -0.39 is 28.5 Å². The van der Waals surface area contributed by atoms with Crippen molar-refractivity contribution in [2.45, 2.75) is 64.1 Å². The van der Waals surface area contributed by atoms with Crippen molar-refractivity contribution in [3.8, 4) is 0 Å². The highest BCUT2D eigenvalue weighted by atomic mass is 35.5. The van der Waals surface area contributed by atoms with Crippen LogP contribution < -0.4 is 9.62 Å². The van der Waals surface area contributed by atoms with Crippen molar-refractivity contribution in [1.29, 1.82) is 0 Å². The third-order valence-electron chi connectivity index (χ3n) is 7.71. The van der Waals surface area contributed by atoms with Crippen LogP contribution in [0.25, 0.3) is 0 Å². The summed E-state index contributed by atoms with van der Waals surface area (Å²) in [6, 6.07) is 29.1. The van der Waals surface area contributed by atoms with Crippen LogP contribution in [0.1, 0.15) is 42.5 Å². The Morgan fingerprint density at radius 3 is 2.09 bits per heavy atom. The molecule has 2 atom stereocenters. The monoisotopic (exact) mass is 645 g/mol. The molecule has 0 aromatic heterocycles. The van der Waals surface area contributed by atoms with Gasteiger partial charge in [-0.2, -0.15) is 0 Å². The van der Waals surface area contributed by atoms with Crippen molar-refractivity contribution in [2.24, 2.45) is 0 Å². The summed E-state index contributed by atoms with van der Waals surface area (Å²) in [7, 11) is -4.19. The van der Waals surface area contributed by atoms with Crippen LogP contribution in [0.3, 0.4) is 0 Å². The van der Waals surface area contributed by atoms with E-state index in [0.717, 1.165) is 33.0 Å². The Morgan fingerprint density at radius 2 is 1.47 bits per heavy atom. The van der Waals surface area contributed by atoms with Gasteiger partial charge < -0.3 is 10.2 Å². The van der Waals surface area contributed by atoms with E-state index in [-0.39, 0.29) is 29.8 Å². The predicted molar refractivity (Wildman–Crippen MR) is 181 cm³/mol. The first-order valence-corrected chi connectivity index (χ1v) is 16.8. The second kappa shape index (κ2) is 15.2. The zero-order chi connectivity index (χ0) is 32.6. The van der Waals surface area contributed by atoms with Crippen molar-refractivity contribution in [2.75, 3.05) is 10.8 Å². The third-order valence-corrected chi connectivity index (χ3v) is 9.75. The fourth-order valence-corrected chi connectivity index (χ4v) is 6.52. The van der Waals surface area contributed by atoms with Crippen LogP contribution in [-0.2, 0) is 32.6 Å². The van der Waals surface area contributed by atoms with Crippen LogP contribution in [-0.4, -0.2) is 43.8 Å². The van der Waals surface area contributed by atoms with Crippen molar-refractivity contribution >= 4 is 39.1 Å². The lowest BCUT2D eigenvalue weighted by Gasteiger charge is -2.34. The van der Waals surface area contributed by atoms with E-state index in [4.69, 9.17) is 11.6 Å². The summed E-state index contributed by atoms with van der Waals surface area (Å²) in [4.78, 5) is 30.0. The molecule has 0 bridgehead atoms. The summed E-state index contributed by atoms with van der Waals surface area (Å²) < 4.78 is 29.3. The molecule has 0 radical (unpaired) electrons. The zero-order valence-corrected chi connectivity index (χ0v) is 27.7. The molecule has 0 unspecified atom stereocenters. The number of nitrogens with one attached hydrogen (secondary N) is 1. The standard InChI is InChI=1S/C36H40ClN3O4S/c1-5-28(4)38-36(42)34(23-29-11-7-6-8-12-29)39(24-30-13-9-10-27(3)22-30)35(41)25-40(32-18-14-26(2)15-19-32)45(43,44)33-20-16-31(37)17-21-33/h6-22,28,34H,5,23-25H2,1-4H3,(H,38,42)/t28-,34-/m0/s1. The van der Waals surface area contributed by atoms with Gasteiger partial charge in [0.2, 0.25) is 11.8 Å². The maximum Gasteiger partial charge on any atom is 0.264 e. The summed E-state index contributed by atoms with van der Waals surface area (Å²) in [5, 5.41) is 3.45. The molecule has 45 heavy (non-hydrogen) atoms. The van der Waals surface area contributed by atoms with E-state index in [9.17, 15) is 18.0 Å². The fourth-order valence-electron chi connectivity index (χ4n) is 4.98. The largest absolute Gasteiger partial charge is 0.352 e. The number of hydrogen-bond acceptors (Lipinski definition) is 4. The summed E-state index contributed by atoms with van der Waals surface area (Å²) >= 11 is 6.06. The van der Waals surface area contributed by atoms with Gasteiger partial charge in [-0.05, 0) is 74.7 Å². The van der Waals surface area contributed by atoms with Crippen LogP contribution in [0.5, 0.6) is 0 Å². The lowest BCUT2D eigenvalue weighted by molar-refractivity contribution is -0.140. The number of aryl methyl sites for hydroxylation is 2. The molecule has 0 heterocycles. The van der Waals surface area contributed by atoms with Crippen molar-refractivity contribution < 1.29 is 18.0 Å². The molecule has 4 aromatic rings. The molecule has 2 amide bonds. The van der Waals surface area contributed by atoms with Crippen molar-refractivity contribution in [3.63, 3.8) is 0 Å².